The molecule has 5 aromatic rings. The fourth-order valence-corrected chi connectivity index (χ4v) is 4.86. The SMILES string of the molecule is C=C/C=C\C(=C/C)c1ccc2[nH]nc(-c3nc4c(-c5cc(F)cc(CN6CCC6)c5)cncc4[nH]3)c2c1. The van der Waals surface area contributed by atoms with E-state index in [1.54, 1.807) is 30.6 Å². The maximum Gasteiger partial charge on any atom is 0.159 e. The van der Waals surface area contributed by atoms with Crippen molar-refractivity contribution in [1.82, 2.24) is 30.0 Å². The molecular weight excluding hydrogens is 463 g/mol. The van der Waals surface area contributed by atoms with E-state index in [9.17, 15) is 4.39 Å². The van der Waals surface area contributed by atoms with Gasteiger partial charge in [-0.2, -0.15) is 5.10 Å². The fraction of sp³-hybridized carbons (Fsp3) is 0.167. The second-order valence-corrected chi connectivity index (χ2v) is 9.32. The summed E-state index contributed by atoms with van der Waals surface area (Å²) in [6, 6.07) is 11.4. The molecule has 2 N–H and O–H groups in total. The summed E-state index contributed by atoms with van der Waals surface area (Å²) in [5, 5.41) is 8.64. The van der Waals surface area contributed by atoms with Gasteiger partial charge in [0.2, 0.25) is 0 Å². The van der Waals surface area contributed by atoms with Gasteiger partial charge in [-0.1, -0.05) is 36.9 Å². The van der Waals surface area contributed by atoms with Gasteiger partial charge < -0.3 is 4.98 Å². The summed E-state index contributed by atoms with van der Waals surface area (Å²) in [7, 11) is 0. The maximum absolute atomic E-state index is 14.6. The van der Waals surface area contributed by atoms with E-state index in [2.05, 4.69) is 49.9 Å². The Morgan fingerprint density at radius 3 is 2.81 bits per heavy atom. The molecule has 6 nitrogen and oxygen atoms in total. The number of fused-ring (bicyclic) bond motifs is 2. The second-order valence-electron chi connectivity index (χ2n) is 9.32. The van der Waals surface area contributed by atoms with Gasteiger partial charge in [-0.05, 0) is 79.0 Å². The largest absolute Gasteiger partial charge is 0.335 e. The number of allylic oxidation sites excluding steroid dienone is 5. The average Bonchev–Trinajstić information content (AvgIpc) is 3.50. The van der Waals surface area contributed by atoms with E-state index in [1.807, 2.05) is 31.2 Å². The number of likely N-dealkylation sites (tertiary alicyclic amines) is 1. The third-order valence-corrected chi connectivity index (χ3v) is 6.86. The van der Waals surface area contributed by atoms with E-state index in [-0.39, 0.29) is 5.82 Å². The number of halogens is 1. The Morgan fingerprint density at radius 2 is 2.03 bits per heavy atom. The Labute approximate surface area is 214 Å². The minimum Gasteiger partial charge on any atom is -0.335 e. The molecule has 4 heterocycles. The van der Waals surface area contributed by atoms with Gasteiger partial charge in [0.25, 0.3) is 0 Å². The molecule has 0 saturated carbocycles. The summed E-state index contributed by atoms with van der Waals surface area (Å²) in [6.45, 7) is 8.65. The molecule has 0 spiro atoms. The van der Waals surface area contributed by atoms with Crippen molar-refractivity contribution in [2.24, 2.45) is 0 Å². The Morgan fingerprint density at radius 1 is 1.14 bits per heavy atom. The van der Waals surface area contributed by atoms with Crippen molar-refractivity contribution in [3.05, 3.63) is 96.6 Å². The number of nitrogens with zero attached hydrogens (tertiary/aromatic N) is 4. The summed E-state index contributed by atoms with van der Waals surface area (Å²) in [4.78, 5) is 15.0. The van der Waals surface area contributed by atoms with Gasteiger partial charge in [0.1, 0.15) is 11.5 Å². The number of aromatic nitrogens is 5. The van der Waals surface area contributed by atoms with Crippen LogP contribution in [0.1, 0.15) is 24.5 Å². The highest BCUT2D eigenvalue weighted by atomic mass is 19.1. The highest BCUT2D eigenvalue weighted by molar-refractivity contribution is 5.98. The number of pyridine rings is 1. The lowest BCUT2D eigenvalue weighted by atomic mass is 10.0. The molecular formula is C30H27FN6. The predicted molar refractivity (Wildman–Crippen MR) is 147 cm³/mol. The lowest BCUT2D eigenvalue weighted by Crippen LogP contribution is -2.36. The van der Waals surface area contributed by atoms with Gasteiger partial charge in [0.15, 0.2) is 5.82 Å². The molecule has 0 unspecified atom stereocenters. The first-order valence-electron chi connectivity index (χ1n) is 12.4. The van der Waals surface area contributed by atoms with Crippen LogP contribution in [-0.4, -0.2) is 43.1 Å². The highest BCUT2D eigenvalue weighted by Gasteiger charge is 2.18. The first-order chi connectivity index (χ1) is 18.1. The number of H-pyrrole nitrogens is 2. The standard InChI is InChI=1S/C30H27FN6/c1-3-5-7-20(4-2)21-8-9-26-24(15-21)29(36-35-26)30-33-27-17-32-16-25(28(27)34-30)22-12-19(13-23(31)14-22)18-37-10-6-11-37/h3-5,7-9,12-17H,1,6,10-11,18H2,2H3,(H,33,34)(H,35,36)/b7-5-,20-4+. The van der Waals surface area contributed by atoms with E-state index in [1.165, 1.54) is 6.42 Å². The average molecular weight is 491 g/mol. The highest BCUT2D eigenvalue weighted by Crippen LogP contribution is 2.33. The van der Waals surface area contributed by atoms with Crippen molar-refractivity contribution < 1.29 is 4.39 Å². The molecule has 1 saturated heterocycles. The van der Waals surface area contributed by atoms with Gasteiger partial charge in [0.05, 0.1) is 22.7 Å². The van der Waals surface area contributed by atoms with Gasteiger partial charge >= 0.3 is 0 Å². The number of rotatable bonds is 7. The number of nitrogens with one attached hydrogen (secondary N) is 2. The molecule has 0 atom stereocenters. The van der Waals surface area contributed by atoms with Gasteiger partial charge in [-0.3, -0.25) is 15.0 Å². The van der Waals surface area contributed by atoms with Crippen molar-refractivity contribution in [2.45, 2.75) is 19.9 Å². The Kier molecular flexibility index (Phi) is 5.98. The van der Waals surface area contributed by atoms with Crippen LogP contribution in [-0.2, 0) is 6.54 Å². The topological polar surface area (TPSA) is 73.5 Å². The van der Waals surface area contributed by atoms with E-state index in [0.717, 1.165) is 75.1 Å². The molecule has 0 bridgehead atoms. The molecule has 7 heteroatoms. The van der Waals surface area contributed by atoms with Gasteiger partial charge in [0, 0.05) is 23.7 Å². The van der Waals surface area contributed by atoms with Crippen molar-refractivity contribution in [1.29, 1.82) is 0 Å². The molecule has 184 valence electrons. The molecule has 2 aromatic carbocycles. The van der Waals surface area contributed by atoms with Crippen LogP contribution in [0.3, 0.4) is 0 Å². The molecule has 37 heavy (non-hydrogen) atoms. The van der Waals surface area contributed by atoms with Crippen LogP contribution in [0.4, 0.5) is 4.39 Å². The third kappa shape index (κ3) is 4.38. The summed E-state index contributed by atoms with van der Waals surface area (Å²) >= 11 is 0. The van der Waals surface area contributed by atoms with E-state index < -0.39 is 0 Å². The molecule has 1 fully saturated rings. The monoisotopic (exact) mass is 490 g/mol. The Bertz CT molecular complexity index is 1690. The zero-order valence-corrected chi connectivity index (χ0v) is 20.6. The summed E-state index contributed by atoms with van der Waals surface area (Å²) in [5.74, 6) is 0.380. The van der Waals surface area contributed by atoms with Crippen LogP contribution in [0.2, 0.25) is 0 Å². The van der Waals surface area contributed by atoms with E-state index in [0.29, 0.717) is 5.82 Å². The number of hydrogen-bond donors (Lipinski definition) is 2. The van der Waals surface area contributed by atoms with Crippen molar-refractivity contribution in [3.63, 3.8) is 0 Å². The van der Waals surface area contributed by atoms with Crippen molar-refractivity contribution in [2.75, 3.05) is 13.1 Å². The first kappa shape index (κ1) is 23.1. The quantitative estimate of drug-likeness (QED) is 0.250. The lowest BCUT2D eigenvalue weighted by Gasteiger charge is -2.30. The summed E-state index contributed by atoms with van der Waals surface area (Å²) in [6.07, 6.45) is 12.5. The molecule has 0 radical (unpaired) electrons. The maximum atomic E-state index is 14.6. The summed E-state index contributed by atoms with van der Waals surface area (Å²) < 4.78 is 14.6. The van der Waals surface area contributed by atoms with Crippen LogP contribution in [0.15, 0.2) is 79.7 Å². The normalized spacial score (nSPS) is 14.6. The van der Waals surface area contributed by atoms with Crippen molar-refractivity contribution in [3.8, 4) is 22.6 Å². The van der Waals surface area contributed by atoms with Crippen LogP contribution in [0, 0.1) is 5.82 Å². The van der Waals surface area contributed by atoms with Crippen LogP contribution >= 0.6 is 0 Å². The second kappa shape index (κ2) is 9.59. The fourth-order valence-electron chi connectivity index (χ4n) is 4.86. The minimum atomic E-state index is -0.253. The zero-order valence-electron chi connectivity index (χ0n) is 20.6. The van der Waals surface area contributed by atoms with Gasteiger partial charge in [-0.25, -0.2) is 9.37 Å². The number of hydrogen-bond acceptors (Lipinski definition) is 4. The van der Waals surface area contributed by atoms with Crippen LogP contribution in [0.25, 0.3) is 50.2 Å². The lowest BCUT2D eigenvalue weighted by molar-refractivity contribution is 0.172. The molecule has 6 rings (SSSR count). The Hall–Kier alpha value is -4.36. The van der Waals surface area contributed by atoms with Crippen LogP contribution < -0.4 is 0 Å². The van der Waals surface area contributed by atoms with E-state index >= 15 is 0 Å². The molecule has 3 aromatic heterocycles. The smallest absolute Gasteiger partial charge is 0.159 e. The third-order valence-electron chi connectivity index (χ3n) is 6.86. The number of imidazole rings is 1. The minimum absolute atomic E-state index is 0.253. The number of benzene rings is 2. The summed E-state index contributed by atoms with van der Waals surface area (Å²) in [5.41, 5.74) is 7.83. The molecule has 1 aliphatic heterocycles. The first-order valence-corrected chi connectivity index (χ1v) is 12.4. The molecule has 0 aliphatic carbocycles. The predicted octanol–water partition coefficient (Wildman–Crippen LogP) is 6.66. The molecule has 1 aliphatic rings. The molecule has 0 amide bonds. The van der Waals surface area contributed by atoms with Crippen LogP contribution in [0.5, 0.6) is 0 Å². The van der Waals surface area contributed by atoms with Crippen molar-refractivity contribution >= 4 is 27.5 Å². The van der Waals surface area contributed by atoms with Gasteiger partial charge in [-0.15, -0.1) is 0 Å². The van der Waals surface area contributed by atoms with E-state index in [4.69, 9.17) is 4.98 Å². The Balaban J connectivity index is 1.42. The number of aromatic amines is 2. The zero-order chi connectivity index (χ0) is 25.4.